The van der Waals surface area contributed by atoms with Gasteiger partial charge in [0.05, 0.1) is 47.9 Å². The van der Waals surface area contributed by atoms with Gasteiger partial charge in [-0.1, -0.05) is 35.4 Å². The van der Waals surface area contributed by atoms with Crippen LogP contribution in [0.1, 0.15) is 31.9 Å². The van der Waals surface area contributed by atoms with Gasteiger partial charge in [-0.25, -0.2) is 0 Å². The molecule has 0 heterocycles. The average Bonchev–Trinajstić information content (AvgIpc) is 2.72. The molecule has 0 saturated carbocycles. The van der Waals surface area contributed by atoms with Gasteiger partial charge in [0.15, 0.2) is 0 Å². The SMILES string of the molecule is Cc1ccc(S(=O)(=O)OC(C)COCC(C)OCC(C)OS(=O)(=O)c2ccc(C)cc2)cc1. The van der Waals surface area contributed by atoms with E-state index in [1.54, 1.807) is 45.0 Å². The summed E-state index contributed by atoms with van der Waals surface area (Å²) in [7, 11) is -7.76. The minimum absolute atomic E-state index is 0.0451. The highest BCUT2D eigenvalue weighted by molar-refractivity contribution is 7.87. The van der Waals surface area contributed by atoms with E-state index in [1.165, 1.54) is 24.3 Å². The lowest BCUT2D eigenvalue weighted by Gasteiger charge is -2.19. The van der Waals surface area contributed by atoms with Crippen LogP contribution in [0.5, 0.6) is 0 Å². The van der Waals surface area contributed by atoms with E-state index in [9.17, 15) is 16.8 Å². The number of ether oxygens (including phenoxy) is 2. The molecule has 0 radical (unpaired) electrons. The van der Waals surface area contributed by atoms with Crippen LogP contribution in [-0.2, 0) is 38.1 Å². The Kier molecular flexibility index (Phi) is 10.0. The molecular formula is C23H32O8S2. The zero-order valence-corrected chi connectivity index (χ0v) is 21.2. The number of aryl methyl sites for hydroxylation is 2. The summed E-state index contributed by atoms with van der Waals surface area (Å²) in [6, 6.07) is 12.8. The molecule has 8 nitrogen and oxygen atoms in total. The van der Waals surface area contributed by atoms with Gasteiger partial charge in [-0.15, -0.1) is 0 Å². The van der Waals surface area contributed by atoms with E-state index in [0.29, 0.717) is 0 Å². The lowest BCUT2D eigenvalue weighted by atomic mass is 10.2. The molecule has 0 amide bonds. The number of hydrogen-bond donors (Lipinski definition) is 0. The average molecular weight is 501 g/mol. The summed E-state index contributed by atoms with van der Waals surface area (Å²) in [5.74, 6) is 0. The molecule has 2 aromatic rings. The minimum Gasteiger partial charge on any atom is -0.376 e. The fourth-order valence-electron chi connectivity index (χ4n) is 2.76. The molecule has 0 bridgehead atoms. The van der Waals surface area contributed by atoms with Crippen molar-refractivity contribution in [3.63, 3.8) is 0 Å². The zero-order chi connectivity index (χ0) is 24.6. The lowest BCUT2D eigenvalue weighted by Crippen LogP contribution is -2.27. The van der Waals surface area contributed by atoms with E-state index in [0.717, 1.165) is 11.1 Å². The molecule has 3 atom stereocenters. The first kappa shape index (κ1) is 27.4. The van der Waals surface area contributed by atoms with Crippen molar-refractivity contribution in [2.45, 2.75) is 62.7 Å². The third-order valence-electron chi connectivity index (χ3n) is 4.52. The molecule has 3 unspecified atom stereocenters. The molecule has 0 aliphatic carbocycles. The molecule has 2 rings (SSSR count). The van der Waals surface area contributed by atoms with Crippen molar-refractivity contribution in [1.82, 2.24) is 0 Å². The van der Waals surface area contributed by atoms with Gasteiger partial charge in [-0.3, -0.25) is 8.37 Å². The van der Waals surface area contributed by atoms with Crippen LogP contribution in [0.4, 0.5) is 0 Å². The lowest BCUT2D eigenvalue weighted by molar-refractivity contribution is -0.0416. The second-order valence-corrected chi connectivity index (χ2v) is 11.2. The zero-order valence-electron chi connectivity index (χ0n) is 19.6. The van der Waals surface area contributed by atoms with E-state index < -0.39 is 32.4 Å². The van der Waals surface area contributed by atoms with Gasteiger partial charge in [-0.05, 0) is 58.9 Å². The molecule has 10 heteroatoms. The first-order valence-corrected chi connectivity index (χ1v) is 13.4. The smallest absolute Gasteiger partial charge is 0.297 e. The van der Waals surface area contributed by atoms with Crippen LogP contribution in [0.15, 0.2) is 58.3 Å². The Hall–Kier alpha value is -1.82. The summed E-state index contributed by atoms with van der Waals surface area (Å²) in [5, 5.41) is 0. The summed E-state index contributed by atoms with van der Waals surface area (Å²) in [6.45, 7) is 8.97. The Morgan fingerprint density at radius 2 is 0.970 bits per heavy atom. The van der Waals surface area contributed by atoms with Crippen LogP contribution >= 0.6 is 0 Å². The summed E-state index contributed by atoms with van der Waals surface area (Å²) < 4.78 is 70.7. The van der Waals surface area contributed by atoms with Crippen molar-refractivity contribution < 1.29 is 34.7 Å². The van der Waals surface area contributed by atoms with Crippen molar-refractivity contribution >= 4 is 20.2 Å². The Bertz CT molecular complexity index is 1080. The molecule has 0 fully saturated rings. The highest BCUT2D eigenvalue weighted by Crippen LogP contribution is 2.16. The highest BCUT2D eigenvalue weighted by Gasteiger charge is 2.21. The molecule has 0 aromatic heterocycles. The second-order valence-electron chi connectivity index (χ2n) is 8.03. The van der Waals surface area contributed by atoms with Gasteiger partial charge in [-0.2, -0.15) is 16.8 Å². The number of rotatable bonds is 13. The van der Waals surface area contributed by atoms with Crippen LogP contribution < -0.4 is 0 Å². The highest BCUT2D eigenvalue weighted by atomic mass is 32.2. The van der Waals surface area contributed by atoms with E-state index >= 15 is 0 Å². The first-order valence-electron chi connectivity index (χ1n) is 10.6. The topological polar surface area (TPSA) is 105 Å². The van der Waals surface area contributed by atoms with Gasteiger partial charge < -0.3 is 9.47 Å². The summed E-state index contributed by atoms with van der Waals surface area (Å²) >= 11 is 0. The monoisotopic (exact) mass is 500 g/mol. The van der Waals surface area contributed by atoms with Crippen LogP contribution in [-0.4, -0.2) is 55.0 Å². The Morgan fingerprint density at radius 3 is 1.39 bits per heavy atom. The molecular weight excluding hydrogens is 468 g/mol. The molecule has 0 aliphatic heterocycles. The van der Waals surface area contributed by atoms with E-state index in [1.807, 2.05) is 13.8 Å². The summed E-state index contributed by atoms with van der Waals surface area (Å²) in [5.41, 5.74) is 1.90. The van der Waals surface area contributed by atoms with E-state index in [2.05, 4.69) is 0 Å². The Morgan fingerprint density at radius 1 is 0.606 bits per heavy atom. The molecule has 0 saturated heterocycles. The molecule has 0 N–H and O–H groups in total. The number of hydrogen-bond acceptors (Lipinski definition) is 8. The molecule has 0 aliphatic rings. The summed E-state index contributed by atoms with van der Waals surface area (Å²) in [6.07, 6.45) is -1.75. The maximum Gasteiger partial charge on any atom is 0.297 e. The Balaban J connectivity index is 1.71. The van der Waals surface area contributed by atoms with Gasteiger partial charge in [0.25, 0.3) is 20.2 Å². The van der Waals surface area contributed by atoms with Crippen molar-refractivity contribution in [1.29, 1.82) is 0 Å². The van der Waals surface area contributed by atoms with Crippen molar-refractivity contribution in [3.8, 4) is 0 Å². The van der Waals surface area contributed by atoms with Gasteiger partial charge in [0.2, 0.25) is 0 Å². The van der Waals surface area contributed by atoms with Crippen LogP contribution in [0.3, 0.4) is 0 Å². The molecule has 2 aromatic carbocycles. The Labute approximate surface area is 197 Å². The van der Waals surface area contributed by atoms with E-state index in [-0.39, 0.29) is 35.7 Å². The fraction of sp³-hybridized carbons (Fsp3) is 0.478. The van der Waals surface area contributed by atoms with Gasteiger partial charge in [0, 0.05) is 0 Å². The minimum atomic E-state index is -3.88. The van der Waals surface area contributed by atoms with Crippen LogP contribution in [0.25, 0.3) is 0 Å². The standard InChI is InChI=1S/C23H32O8S2/c1-17-6-10-22(11-7-17)32(24,25)30-20(4)15-28-14-19(3)29-16-21(5)31-33(26,27)23-12-8-18(2)9-13-23/h6-13,19-21H,14-16H2,1-5H3. The van der Waals surface area contributed by atoms with Gasteiger partial charge in [0.1, 0.15) is 0 Å². The quantitative estimate of drug-likeness (QED) is 0.384. The van der Waals surface area contributed by atoms with Gasteiger partial charge >= 0.3 is 0 Å². The largest absolute Gasteiger partial charge is 0.376 e. The maximum atomic E-state index is 12.3. The first-order chi connectivity index (χ1) is 15.4. The third-order valence-corrected chi connectivity index (χ3v) is 7.38. The predicted molar refractivity (Wildman–Crippen MR) is 124 cm³/mol. The van der Waals surface area contributed by atoms with Crippen molar-refractivity contribution in [3.05, 3.63) is 59.7 Å². The molecule has 184 valence electrons. The van der Waals surface area contributed by atoms with Crippen molar-refractivity contribution in [2.75, 3.05) is 19.8 Å². The predicted octanol–water partition coefficient (Wildman–Crippen LogP) is 3.61. The van der Waals surface area contributed by atoms with E-state index in [4.69, 9.17) is 17.8 Å². The second kappa shape index (κ2) is 12.0. The third kappa shape index (κ3) is 9.15. The van der Waals surface area contributed by atoms with Crippen LogP contribution in [0, 0.1) is 13.8 Å². The molecule has 33 heavy (non-hydrogen) atoms. The summed E-state index contributed by atoms with van der Waals surface area (Å²) in [4.78, 5) is 0.178. The fourth-order valence-corrected chi connectivity index (χ4v) is 4.89. The maximum absolute atomic E-state index is 12.3. The van der Waals surface area contributed by atoms with Crippen LogP contribution in [0.2, 0.25) is 0 Å². The molecule has 0 spiro atoms. The van der Waals surface area contributed by atoms with Crippen molar-refractivity contribution in [2.24, 2.45) is 0 Å². The number of benzene rings is 2. The normalized spacial score (nSPS) is 15.2.